The maximum Gasteiger partial charge on any atom is 0.343 e. The minimum Gasteiger partial charge on any atom is -0.489 e. The molecular weight excluding hydrogens is 469 g/mol. The largest absolute Gasteiger partial charge is 0.489 e. The maximum atomic E-state index is 14.6. The van der Waals surface area contributed by atoms with Gasteiger partial charge in [0, 0.05) is 30.1 Å². The first-order valence-corrected chi connectivity index (χ1v) is 12.5. The first-order chi connectivity index (χ1) is 18.0. The second-order valence-electron chi connectivity index (χ2n) is 9.35. The molecule has 0 fully saturated rings. The fourth-order valence-electron chi connectivity index (χ4n) is 5.05. The van der Waals surface area contributed by atoms with Crippen LogP contribution in [0.25, 0.3) is 10.8 Å². The summed E-state index contributed by atoms with van der Waals surface area (Å²) in [6.45, 7) is 2.52. The predicted octanol–water partition coefficient (Wildman–Crippen LogP) is 6.16. The van der Waals surface area contributed by atoms with Crippen molar-refractivity contribution in [2.75, 3.05) is 20.3 Å². The summed E-state index contributed by atoms with van der Waals surface area (Å²) < 4.78 is 31.1. The van der Waals surface area contributed by atoms with Crippen LogP contribution in [0.15, 0.2) is 84.9 Å². The summed E-state index contributed by atoms with van der Waals surface area (Å²) >= 11 is 0. The number of halogens is 1. The second-order valence-corrected chi connectivity index (χ2v) is 9.35. The average molecular weight is 500 g/mol. The van der Waals surface area contributed by atoms with Gasteiger partial charge in [0.25, 0.3) is 0 Å². The Labute approximate surface area is 216 Å². The summed E-state index contributed by atoms with van der Waals surface area (Å²) in [5.74, 6) is 0.0725. The van der Waals surface area contributed by atoms with Gasteiger partial charge in [-0.2, -0.15) is 0 Å². The van der Waals surface area contributed by atoms with E-state index in [0.717, 1.165) is 16.9 Å². The number of carbonyl (C=O) groups excluding carboxylic acids is 1. The Morgan fingerprint density at radius 1 is 1.05 bits per heavy atom. The van der Waals surface area contributed by atoms with Crippen LogP contribution in [-0.2, 0) is 9.53 Å². The third-order valence-electron chi connectivity index (χ3n) is 6.91. The van der Waals surface area contributed by atoms with Crippen molar-refractivity contribution in [3.63, 3.8) is 0 Å². The van der Waals surface area contributed by atoms with Crippen molar-refractivity contribution in [3.8, 4) is 11.5 Å². The summed E-state index contributed by atoms with van der Waals surface area (Å²) in [6, 6.07) is 27.4. The second kappa shape index (κ2) is 11.0. The van der Waals surface area contributed by atoms with Crippen LogP contribution in [0.1, 0.15) is 42.0 Å². The maximum absolute atomic E-state index is 14.6. The molecule has 1 N–H and O–H groups in total. The summed E-state index contributed by atoms with van der Waals surface area (Å²) in [7, 11) is 1.29. The van der Waals surface area contributed by atoms with E-state index in [9.17, 15) is 9.18 Å². The van der Waals surface area contributed by atoms with E-state index >= 15 is 0 Å². The van der Waals surface area contributed by atoms with Crippen molar-refractivity contribution < 1.29 is 23.4 Å². The highest BCUT2D eigenvalue weighted by atomic mass is 19.1. The van der Waals surface area contributed by atoms with Crippen LogP contribution < -0.4 is 14.8 Å². The van der Waals surface area contributed by atoms with E-state index in [-0.39, 0.29) is 24.7 Å². The molecule has 3 atom stereocenters. The number of nitrogens with one attached hydrogen (secondary N) is 1. The SMILES string of the molecule is COC(=O)COc1cc(F)cc(C2CC(CNC(C)c3cccc4ccccc34)Oc3ccccc32)c1. The number of ether oxygens (including phenoxy) is 3. The molecule has 1 heterocycles. The summed E-state index contributed by atoms with van der Waals surface area (Å²) in [4.78, 5) is 11.5. The van der Waals surface area contributed by atoms with Gasteiger partial charge in [-0.25, -0.2) is 9.18 Å². The van der Waals surface area contributed by atoms with Crippen molar-refractivity contribution in [2.45, 2.75) is 31.4 Å². The predicted molar refractivity (Wildman–Crippen MR) is 142 cm³/mol. The van der Waals surface area contributed by atoms with Gasteiger partial charge in [-0.15, -0.1) is 0 Å². The lowest BCUT2D eigenvalue weighted by Crippen LogP contribution is -2.37. The Morgan fingerprint density at radius 2 is 1.84 bits per heavy atom. The minimum atomic E-state index is -0.520. The monoisotopic (exact) mass is 499 g/mol. The first-order valence-electron chi connectivity index (χ1n) is 12.5. The smallest absolute Gasteiger partial charge is 0.343 e. The van der Waals surface area contributed by atoms with Gasteiger partial charge in [0.05, 0.1) is 7.11 Å². The van der Waals surface area contributed by atoms with E-state index in [1.54, 1.807) is 6.07 Å². The van der Waals surface area contributed by atoms with Crippen molar-refractivity contribution in [2.24, 2.45) is 0 Å². The number of fused-ring (bicyclic) bond motifs is 2. The Balaban J connectivity index is 1.36. The molecule has 1 aliphatic rings. The van der Waals surface area contributed by atoms with Crippen LogP contribution in [0.3, 0.4) is 0 Å². The van der Waals surface area contributed by atoms with Crippen LogP contribution in [0.2, 0.25) is 0 Å². The molecule has 0 amide bonds. The van der Waals surface area contributed by atoms with Gasteiger partial charge in [0.15, 0.2) is 6.61 Å². The molecule has 4 aromatic carbocycles. The molecular formula is C31H30FNO4. The number of carbonyl (C=O) groups is 1. The Hall–Kier alpha value is -3.90. The first kappa shape index (κ1) is 24.8. The van der Waals surface area contributed by atoms with Crippen LogP contribution in [-0.4, -0.2) is 32.3 Å². The molecule has 5 nitrogen and oxygen atoms in total. The Morgan fingerprint density at radius 3 is 2.70 bits per heavy atom. The number of rotatable bonds is 8. The van der Waals surface area contributed by atoms with Gasteiger partial charge in [0.1, 0.15) is 23.4 Å². The third kappa shape index (κ3) is 5.59. The van der Waals surface area contributed by atoms with Gasteiger partial charge in [-0.1, -0.05) is 60.7 Å². The highest BCUT2D eigenvalue weighted by Gasteiger charge is 2.30. The lowest BCUT2D eigenvalue weighted by atomic mass is 9.84. The van der Waals surface area contributed by atoms with E-state index in [1.807, 2.05) is 24.3 Å². The van der Waals surface area contributed by atoms with E-state index in [1.165, 1.54) is 35.6 Å². The van der Waals surface area contributed by atoms with E-state index in [4.69, 9.17) is 9.47 Å². The normalized spacial score (nSPS) is 17.5. The Kier molecular flexibility index (Phi) is 7.37. The zero-order valence-electron chi connectivity index (χ0n) is 20.9. The van der Waals surface area contributed by atoms with Crippen LogP contribution in [0.4, 0.5) is 4.39 Å². The van der Waals surface area contributed by atoms with Gasteiger partial charge < -0.3 is 19.5 Å². The van der Waals surface area contributed by atoms with Crippen molar-refractivity contribution >= 4 is 16.7 Å². The average Bonchev–Trinajstić information content (AvgIpc) is 2.93. The minimum absolute atomic E-state index is 0.0826. The fourth-order valence-corrected chi connectivity index (χ4v) is 5.05. The summed E-state index contributed by atoms with van der Waals surface area (Å²) in [5.41, 5.74) is 3.02. The molecule has 0 spiro atoms. The molecule has 0 saturated carbocycles. The lowest BCUT2D eigenvalue weighted by molar-refractivity contribution is -0.142. The topological polar surface area (TPSA) is 56.8 Å². The molecule has 0 saturated heterocycles. The number of para-hydroxylation sites is 1. The molecule has 0 bridgehead atoms. The van der Waals surface area contributed by atoms with Gasteiger partial charge in [-0.3, -0.25) is 0 Å². The number of benzene rings is 4. The molecule has 3 unspecified atom stereocenters. The van der Waals surface area contributed by atoms with Crippen LogP contribution in [0, 0.1) is 5.82 Å². The molecule has 6 heteroatoms. The summed E-state index contributed by atoms with van der Waals surface area (Å²) in [6.07, 6.45) is 0.562. The zero-order chi connectivity index (χ0) is 25.8. The molecule has 190 valence electrons. The molecule has 0 aromatic heterocycles. The number of esters is 1. The highest BCUT2D eigenvalue weighted by molar-refractivity contribution is 5.86. The molecule has 5 rings (SSSR count). The van der Waals surface area contributed by atoms with E-state index in [0.29, 0.717) is 18.7 Å². The standard InChI is InChI=1S/C31H30FNO4/c1-20(26-12-7-9-21-8-3-4-10-27(21)26)33-18-25-17-29(28-11-5-6-13-30(28)37-25)22-14-23(32)16-24(15-22)36-19-31(34)35-2/h3-16,20,25,29,33H,17-19H2,1-2H3. The zero-order valence-corrected chi connectivity index (χ0v) is 20.9. The lowest BCUT2D eigenvalue weighted by Gasteiger charge is -2.33. The number of hydrogen-bond donors (Lipinski definition) is 1. The van der Waals surface area contributed by atoms with Crippen LogP contribution >= 0.6 is 0 Å². The van der Waals surface area contributed by atoms with E-state index < -0.39 is 11.8 Å². The molecule has 0 radical (unpaired) electrons. The van der Waals surface area contributed by atoms with Crippen molar-refractivity contribution in [3.05, 3.63) is 107 Å². The highest BCUT2D eigenvalue weighted by Crippen LogP contribution is 2.41. The number of methoxy groups -OCH3 is 1. The van der Waals surface area contributed by atoms with Gasteiger partial charge in [0.2, 0.25) is 0 Å². The number of hydrogen-bond acceptors (Lipinski definition) is 5. The summed E-state index contributed by atoms with van der Waals surface area (Å²) in [5, 5.41) is 6.10. The van der Waals surface area contributed by atoms with E-state index in [2.05, 4.69) is 59.4 Å². The fraction of sp³-hybridized carbons (Fsp3) is 0.258. The molecule has 37 heavy (non-hydrogen) atoms. The van der Waals surface area contributed by atoms with Crippen molar-refractivity contribution in [1.82, 2.24) is 5.32 Å². The molecule has 0 aliphatic carbocycles. The van der Waals surface area contributed by atoms with Gasteiger partial charge >= 0.3 is 5.97 Å². The Bertz CT molecular complexity index is 1400. The molecule has 4 aromatic rings. The van der Waals surface area contributed by atoms with Gasteiger partial charge in [-0.05, 0) is 53.4 Å². The third-order valence-corrected chi connectivity index (χ3v) is 6.91. The quantitative estimate of drug-likeness (QED) is 0.294. The molecule has 1 aliphatic heterocycles. The van der Waals surface area contributed by atoms with Crippen molar-refractivity contribution in [1.29, 1.82) is 0 Å². The van der Waals surface area contributed by atoms with Crippen LogP contribution in [0.5, 0.6) is 11.5 Å².